The quantitative estimate of drug-likeness (QED) is 0.391. The highest BCUT2D eigenvalue weighted by Crippen LogP contribution is 2.18. The van der Waals surface area contributed by atoms with Crippen LogP contribution in [0.2, 0.25) is 0 Å². The number of carboxylic acids is 1. The second kappa shape index (κ2) is 9.48. The zero-order valence-corrected chi connectivity index (χ0v) is 13.4. The Morgan fingerprint density at radius 2 is 2.09 bits per heavy atom. The maximum Gasteiger partial charge on any atom is 0.375 e. The molecule has 1 fully saturated rings. The van der Waals surface area contributed by atoms with Crippen LogP contribution in [-0.4, -0.2) is 72.3 Å². The number of ether oxygens (including phenoxy) is 3. The monoisotopic (exact) mass is 349 g/mol. The molecule has 0 aliphatic carbocycles. The van der Waals surface area contributed by atoms with E-state index in [4.69, 9.17) is 20.3 Å². The summed E-state index contributed by atoms with van der Waals surface area (Å²) in [6.07, 6.45) is -0.395. The molecule has 2 unspecified atom stereocenters. The normalized spacial score (nSPS) is 19.7. The number of esters is 2. The van der Waals surface area contributed by atoms with Crippen LogP contribution < -0.4 is 5.73 Å². The van der Waals surface area contributed by atoms with E-state index in [-0.39, 0.29) is 12.4 Å². The maximum atomic E-state index is 11.9. The summed E-state index contributed by atoms with van der Waals surface area (Å²) >= 11 is 0.845. The molecule has 130 valence electrons. The van der Waals surface area contributed by atoms with Crippen molar-refractivity contribution in [2.45, 2.75) is 30.2 Å². The lowest BCUT2D eigenvalue weighted by atomic mass is 10.2. The van der Waals surface area contributed by atoms with Gasteiger partial charge in [0.1, 0.15) is 17.4 Å². The molecule has 0 aromatic heterocycles. The van der Waals surface area contributed by atoms with Crippen molar-refractivity contribution in [3.63, 3.8) is 0 Å². The van der Waals surface area contributed by atoms with Gasteiger partial charge in [0.25, 0.3) is 0 Å². The Kier molecular flexibility index (Phi) is 8.00. The summed E-state index contributed by atoms with van der Waals surface area (Å²) < 4.78 is 14.5. The third-order valence-electron chi connectivity index (χ3n) is 3.02. The number of hydrogen-bond acceptors (Lipinski definition) is 9. The highest BCUT2D eigenvalue weighted by molar-refractivity contribution is 8.00. The van der Waals surface area contributed by atoms with E-state index in [9.17, 15) is 19.2 Å². The van der Waals surface area contributed by atoms with E-state index in [1.807, 2.05) is 0 Å². The van der Waals surface area contributed by atoms with Crippen LogP contribution in [0.5, 0.6) is 0 Å². The SMILES string of the molecule is COC(=O)C(CC(=O)C(=O)OC1CCOC1)SC[C@H](N)C(=O)O. The Labute approximate surface area is 136 Å². The molecule has 0 radical (unpaired) electrons. The summed E-state index contributed by atoms with van der Waals surface area (Å²) in [4.78, 5) is 45.8. The lowest BCUT2D eigenvalue weighted by molar-refractivity contribution is -0.158. The Bertz CT molecular complexity index is 463. The summed E-state index contributed by atoms with van der Waals surface area (Å²) in [7, 11) is 1.13. The molecule has 0 amide bonds. The van der Waals surface area contributed by atoms with Crippen LogP contribution in [-0.2, 0) is 33.4 Å². The molecular weight excluding hydrogens is 330 g/mol. The van der Waals surface area contributed by atoms with Gasteiger partial charge < -0.3 is 25.1 Å². The van der Waals surface area contributed by atoms with Crippen molar-refractivity contribution in [1.82, 2.24) is 0 Å². The second-order valence-corrected chi connectivity index (χ2v) is 6.04. The topological polar surface area (TPSA) is 142 Å². The molecule has 1 saturated heterocycles. The van der Waals surface area contributed by atoms with Crippen LogP contribution in [0.4, 0.5) is 0 Å². The Hall–Kier alpha value is -1.65. The molecule has 1 aliphatic rings. The molecule has 0 aromatic rings. The van der Waals surface area contributed by atoms with Crippen molar-refractivity contribution >= 4 is 35.5 Å². The molecule has 0 saturated carbocycles. The predicted octanol–water partition coefficient (Wildman–Crippen LogP) is -1.04. The summed E-state index contributed by atoms with van der Waals surface area (Å²) in [5.74, 6) is -4.00. The van der Waals surface area contributed by atoms with Crippen LogP contribution in [0.15, 0.2) is 0 Å². The van der Waals surface area contributed by atoms with Crippen LogP contribution in [0, 0.1) is 0 Å². The van der Waals surface area contributed by atoms with Crippen molar-refractivity contribution in [2.75, 3.05) is 26.1 Å². The number of rotatable bonds is 9. The van der Waals surface area contributed by atoms with Gasteiger partial charge in [0.05, 0.1) is 20.3 Å². The number of thioether (sulfide) groups is 1. The number of hydrogen-bond donors (Lipinski definition) is 2. The summed E-state index contributed by atoms with van der Waals surface area (Å²) in [6, 6.07) is -1.19. The molecule has 3 atom stereocenters. The first-order valence-corrected chi connectivity index (χ1v) is 7.89. The van der Waals surface area contributed by atoms with Gasteiger partial charge in [-0.3, -0.25) is 14.4 Å². The molecule has 1 heterocycles. The molecular formula is C13H19NO8S. The molecule has 3 N–H and O–H groups in total. The predicted molar refractivity (Wildman–Crippen MR) is 78.8 cm³/mol. The number of carboxylic acid groups (broad SMARTS) is 1. The fourth-order valence-electron chi connectivity index (χ4n) is 1.71. The van der Waals surface area contributed by atoms with Gasteiger partial charge in [-0.1, -0.05) is 0 Å². The zero-order chi connectivity index (χ0) is 17.4. The van der Waals surface area contributed by atoms with Gasteiger partial charge in [-0.05, 0) is 0 Å². The van der Waals surface area contributed by atoms with Gasteiger partial charge in [-0.2, -0.15) is 0 Å². The zero-order valence-electron chi connectivity index (χ0n) is 12.6. The van der Waals surface area contributed by atoms with Crippen molar-refractivity contribution in [3.05, 3.63) is 0 Å². The Balaban J connectivity index is 2.53. The number of carbonyl (C=O) groups excluding carboxylic acids is 3. The summed E-state index contributed by atoms with van der Waals surface area (Å²) in [5.41, 5.74) is 5.34. The largest absolute Gasteiger partial charge is 0.480 e. The second-order valence-electron chi connectivity index (χ2n) is 4.81. The van der Waals surface area contributed by atoms with Gasteiger partial charge in [0.2, 0.25) is 5.78 Å². The number of methoxy groups -OCH3 is 1. The Morgan fingerprint density at radius 1 is 1.39 bits per heavy atom. The van der Waals surface area contributed by atoms with Gasteiger partial charge >= 0.3 is 17.9 Å². The molecule has 10 heteroatoms. The number of nitrogens with two attached hydrogens (primary N) is 1. The van der Waals surface area contributed by atoms with E-state index in [2.05, 4.69) is 4.74 Å². The minimum atomic E-state index is -1.23. The van der Waals surface area contributed by atoms with E-state index in [0.717, 1.165) is 18.9 Å². The third-order valence-corrected chi connectivity index (χ3v) is 4.33. The summed E-state index contributed by atoms with van der Waals surface area (Å²) in [6.45, 7) is 0.696. The lowest BCUT2D eigenvalue weighted by Gasteiger charge is -2.15. The molecule has 1 aliphatic heterocycles. The first-order valence-electron chi connectivity index (χ1n) is 6.84. The average molecular weight is 349 g/mol. The number of Topliss-reactive ketones (excluding diaryl/α,β-unsaturated/α-hetero) is 1. The maximum absolute atomic E-state index is 11.9. The minimum Gasteiger partial charge on any atom is -0.480 e. The fraction of sp³-hybridized carbons (Fsp3) is 0.692. The highest BCUT2D eigenvalue weighted by atomic mass is 32.2. The van der Waals surface area contributed by atoms with Crippen LogP contribution in [0.1, 0.15) is 12.8 Å². The van der Waals surface area contributed by atoms with E-state index < -0.39 is 47.5 Å². The van der Waals surface area contributed by atoms with Crippen molar-refractivity contribution < 1.29 is 38.5 Å². The van der Waals surface area contributed by atoms with E-state index in [1.54, 1.807) is 0 Å². The third kappa shape index (κ3) is 6.55. The van der Waals surface area contributed by atoms with Crippen LogP contribution >= 0.6 is 11.8 Å². The Morgan fingerprint density at radius 3 is 2.61 bits per heavy atom. The molecule has 9 nitrogen and oxygen atoms in total. The average Bonchev–Trinajstić information content (AvgIpc) is 3.02. The highest BCUT2D eigenvalue weighted by Gasteiger charge is 2.30. The molecule has 1 rings (SSSR count). The number of carbonyl (C=O) groups is 4. The van der Waals surface area contributed by atoms with Crippen LogP contribution in [0.25, 0.3) is 0 Å². The standard InChI is InChI=1S/C13H19NO8S/c1-20-13(19)10(23-6-8(14)11(16)17)4-9(15)12(18)22-7-2-3-21-5-7/h7-8,10H,2-6,14H2,1H3,(H,16,17)/t7?,8-,10?/m0/s1. The molecule has 23 heavy (non-hydrogen) atoms. The first kappa shape index (κ1) is 19.4. The van der Waals surface area contributed by atoms with E-state index in [0.29, 0.717) is 13.0 Å². The summed E-state index contributed by atoms with van der Waals surface area (Å²) in [5, 5.41) is 7.69. The first-order chi connectivity index (χ1) is 10.8. The van der Waals surface area contributed by atoms with Gasteiger partial charge in [0.15, 0.2) is 0 Å². The van der Waals surface area contributed by atoms with Gasteiger partial charge in [-0.15, -0.1) is 11.8 Å². The number of ketones is 1. The van der Waals surface area contributed by atoms with Gasteiger partial charge in [-0.25, -0.2) is 4.79 Å². The molecule has 0 spiro atoms. The minimum absolute atomic E-state index is 0.103. The van der Waals surface area contributed by atoms with Crippen molar-refractivity contribution in [2.24, 2.45) is 5.73 Å². The molecule has 0 bridgehead atoms. The fourth-order valence-corrected chi connectivity index (χ4v) is 2.79. The molecule has 0 aromatic carbocycles. The van der Waals surface area contributed by atoms with E-state index >= 15 is 0 Å². The number of aliphatic carboxylic acids is 1. The van der Waals surface area contributed by atoms with Crippen LogP contribution in [0.3, 0.4) is 0 Å². The van der Waals surface area contributed by atoms with E-state index in [1.165, 1.54) is 0 Å². The lowest BCUT2D eigenvalue weighted by Crippen LogP contribution is -2.35. The van der Waals surface area contributed by atoms with Crippen molar-refractivity contribution in [3.8, 4) is 0 Å². The van der Waals surface area contributed by atoms with Crippen molar-refractivity contribution in [1.29, 1.82) is 0 Å². The smallest absolute Gasteiger partial charge is 0.375 e. The van der Waals surface area contributed by atoms with Gasteiger partial charge in [0, 0.05) is 18.6 Å².